The van der Waals surface area contributed by atoms with E-state index in [4.69, 9.17) is 0 Å². The Bertz CT molecular complexity index is 313. The Kier molecular flexibility index (Phi) is 5.95. The summed E-state index contributed by atoms with van der Waals surface area (Å²) < 4.78 is 38.1. The van der Waals surface area contributed by atoms with Gasteiger partial charge in [0.15, 0.2) is 0 Å². The summed E-state index contributed by atoms with van der Waals surface area (Å²) in [6.45, 7) is 5.42. The number of hydrogen-bond donors (Lipinski definition) is 1. The van der Waals surface area contributed by atoms with Crippen LogP contribution in [0, 0.1) is 5.92 Å². The maximum Gasteiger partial charge on any atom is 0.390 e. The number of piperazine rings is 1. The van der Waals surface area contributed by atoms with Gasteiger partial charge in [0.25, 0.3) is 0 Å². The standard InChI is InChI=1S/C16H29F3N2/c1-3-14-10-20-15(13-7-5-4-6-8-13)11-21(14)12(2)9-16(17,18)19/h12-15,20H,3-11H2,1-2H3. The van der Waals surface area contributed by atoms with Crippen LogP contribution in [0.3, 0.4) is 0 Å². The van der Waals surface area contributed by atoms with Crippen LogP contribution in [0.2, 0.25) is 0 Å². The molecule has 1 aliphatic carbocycles. The van der Waals surface area contributed by atoms with E-state index in [-0.39, 0.29) is 6.04 Å². The third kappa shape index (κ3) is 4.85. The first-order valence-electron chi connectivity index (χ1n) is 8.46. The van der Waals surface area contributed by atoms with Crippen LogP contribution in [0.25, 0.3) is 0 Å². The summed E-state index contributed by atoms with van der Waals surface area (Å²) in [5.41, 5.74) is 0. The van der Waals surface area contributed by atoms with Gasteiger partial charge in [0.1, 0.15) is 0 Å². The van der Waals surface area contributed by atoms with Gasteiger partial charge in [-0.05, 0) is 32.1 Å². The van der Waals surface area contributed by atoms with Gasteiger partial charge >= 0.3 is 6.18 Å². The Morgan fingerprint density at radius 1 is 1.19 bits per heavy atom. The van der Waals surface area contributed by atoms with Gasteiger partial charge in [-0.25, -0.2) is 0 Å². The Hall–Kier alpha value is -0.290. The first-order valence-corrected chi connectivity index (χ1v) is 8.46. The highest BCUT2D eigenvalue weighted by Gasteiger charge is 2.38. The Labute approximate surface area is 126 Å². The van der Waals surface area contributed by atoms with Crippen LogP contribution >= 0.6 is 0 Å². The number of alkyl halides is 3. The molecule has 124 valence electrons. The van der Waals surface area contributed by atoms with E-state index in [2.05, 4.69) is 17.1 Å². The molecule has 0 aromatic rings. The van der Waals surface area contributed by atoms with Crippen molar-refractivity contribution in [3.05, 3.63) is 0 Å². The zero-order chi connectivity index (χ0) is 15.5. The predicted octanol–water partition coefficient (Wildman–Crippen LogP) is 3.96. The molecule has 2 rings (SSSR count). The van der Waals surface area contributed by atoms with Crippen molar-refractivity contribution >= 4 is 0 Å². The number of rotatable bonds is 4. The molecule has 21 heavy (non-hydrogen) atoms. The monoisotopic (exact) mass is 306 g/mol. The van der Waals surface area contributed by atoms with Gasteiger partial charge in [0.2, 0.25) is 0 Å². The van der Waals surface area contributed by atoms with E-state index in [9.17, 15) is 13.2 Å². The summed E-state index contributed by atoms with van der Waals surface area (Å²) in [6, 6.07) is 0.203. The van der Waals surface area contributed by atoms with Crippen molar-refractivity contribution in [3.63, 3.8) is 0 Å². The molecule has 0 bridgehead atoms. The molecule has 0 radical (unpaired) electrons. The zero-order valence-corrected chi connectivity index (χ0v) is 13.3. The Balaban J connectivity index is 1.97. The van der Waals surface area contributed by atoms with Gasteiger partial charge in [-0.3, -0.25) is 4.90 Å². The molecular formula is C16H29F3N2. The number of hydrogen-bond acceptors (Lipinski definition) is 2. The summed E-state index contributed by atoms with van der Waals surface area (Å²) >= 11 is 0. The van der Waals surface area contributed by atoms with Gasteiger partial charge in [-0.15, -0.1) is 0 Å². The van der Waals surface area contributed by atoms with E-state index in [1.807, 2.05) is 0 Å². The van der Waals surface area contributed by atoms with E-state index >= 15 is 0 Å². The van der Waals surface area contributed by atoms with Gasteiger partial charge in [-0.2, -0.15) is 13.2 Å². The maximum atomic E-state index is 12.7. The topological polar surface area (TPSA) is 15.3 Å². The Morgan fingerprint density at radius 3 is 2.43 bits per heavy atom. The molecular weight excluding hydrogens is 277 g/mol. The van der Waals surface area contributed by atoms with Crippen molar-refractivity contribution in [2.45, 2.75) is 83.1 Å². The molecule has 2 nitrogen and oxygen atoms in total. The largest absolute Gasteiger partial charge is 0.390 e. The lowest BCUT2D eigenvalue weighted by Crippen LogP contribution is -2.61. The average molecular weight is 306 g/mol. The van der Waals surface area contributed by atoms with Gasteiger partial charge in [0, 0.05) is 31.2 Å². The average Bonchev–Trinajstić information content (AvgIpc) is 2.45. The highest BCUT2D eigenvalue weighted by molar-refractivity contribution is 4.92. The summed E-state index contributed by atoms with van der Waals surface area (Å²) in [7, 11) is 0. The molecule has 0 spiro atoms. The van der Waals surface area contributed by atoms with E-state index in [0.29, 0.717) is 12.0 Å². The molecule has 5 heteroatoms. The number of nitrogens with zero attached hydrogens (tertiary/aromatic N) is 1. The molecule has 1 aliphatic heterocycles. The van der Waals surface area contributed by atoms with E-state index in [0.717, 1.165) is 19.5 Å². The third-order valence-corrected chi connectivity index (χ3v) is 5.28. The summed E-state index contributed by atoms with van der Waals surface area (Å²) in [6.07, 6.45) is 2.48. The second kappa shape index (κ2) is 7.32. The quantitative estimate of drug-likeness (QED) is 0.846. The molecule has 1 saturated heterocycles. The van der Waals surface area contributed by atoms with E-state index in [1.54, 1.807) is 6.92 Å². The number of nitrogens with one attached hydrogen (secondary N) is 1. The van der Waals surface area contributed by atoms with Crippen LogP contribution in [-0.2, 0) is 0 Å². The lowest BCUT2D eigenvalue weighted by atomic mass is 9.82. The molecule has 0 amide bonds. The molecule has 1 N–H and O–H groups in total. The number of halogens is 3. The third-order valence-electron chi connectivity index (χ3n) is 5.28. The highest BCUT2D eigenvalue weighted by atomic mass is 19.4. The van der Waals surface area contributed by atoms with Crippen LogP contribution in [0.1, 0.15) is 58.8 Å². The molecule has 1 saturated carbocycles. The molecule has 0 aromatic heterocycles. The van der Waals surface area contributed by atoms with Gasteiger partial charge in [-0.1, -0.05) is 26.2 Å². The fourth-order valence-corrected chi connectivity index (χ4v) is 4.07. The second-order valence-corrected chi connectivity index (χ2v) is 6.84. The van der Waals surface area contributed by atoms with Crippen molar-refractivity contribution in [2.24, 2.45) is 5.92 Å². The summed E-state index contributed by atoms with van der Waals surface area (Å²) in [5.74, 6) is 0.650. The molecule has 3 atom stereocenters. The Morgan fingerprint density at radius 2 is 1.86 bits per heavy atom. The fraction of sp³-hybridized carbons (Fsp3) is 1.00. The van der Waals surface area contributed by atoms with Crippen LogP contribution in [0.5, 0.6) is 0 Å². The molecule has 2 fully saturated rings. The smallest absolute Gasteiger partial charge is 0.311 e. The lowest BCUT2D eigenvalue weighted by Gasteiger charge is -2.46. The van der Waals surface area contributed by atoms with Crippen molar-refractivity contribution < 1.29 is 13.2 Å². The fourth-order valence-electron chi connectivity index (χ4n) is 4.07. The first-order chi connectivity index (χ1) is 9.90. The maximum absolute atomic E-state index is 12.7. The van der Waals surface area contributed by atoms with Crippen LogP contribution < -0.4 is 5.32 Å². The van der Waals surface area contributed by atoms with Gasteiger partial charge < -0.3 is 5.32 Å². The van der Waals surface area contributed by atoms with Crippen LogP contribution in [0.15, 0.2) is 0 Å². The van der Waals surface area contributed by atoms with Crippen molar-refractivity contribution in [3.8, 4) is 0 Å². The summed E-state index contributed by atoms with van der Waals surface area (Å²) in [5, 5.41) is 3.61. The lowest BCUT2D eigenvalue weighted by molar-refractivity contribution is -0.149. The van der Waals surface area contributed by atoms with E-state index < -0.39 is 18.6 Å². The molecule has 1 heterocycles. The van der Waals surface area contributed by atoms with Crippen molar-refractivity contribution in [1.29, 1.82) is 0 Å². The zero-order valence-electron chi connectivity index (χ0n) is 13.3. The highest BCUT2D eigenvalue weighted by Crippen LogP contribution is 2.31. The van der Waals surface area contributed by atoms with Gasteiger partial charge in [0.05, 0.1) is 6.42 Å². The van der Waals surface area contributed by atoms with E-state index in [1.165, 1.54) is 32.1 Å². The van der Waals surface area contributed by atoms with Crippen LogP contribution in [-0.4, -0.2) is 42.3 Å². The minimum atomic E-state index is -4.07. The molecule has 0 aromatic carbocycles. The van der Waals surface area contributed by atoms with Crippen molar-refractivity contribution in [1.82, 2.24) is 10.2 Å². The summed E-state index contributed by atoms with van der Waals surface area (Å²) in [4.78, 5) is 2.11. The minimum absolute atomic E-state index is 0.238. The second-order valence-electron chi connectivity index (χ2n) is 6.84. The molecule has 3 unspecified atom stereocenters. The minimum Gasteiger partial charge on any atom is -0.311 e. The molecule has 2 aliphatic rings. The normalized spacial score (nSPS) is 31.3. The predicted molar refractivity (Wildman–Crippen MR) is 79.3 cm³/mol. The SMILES string of the molecule is CCC1CNC(C2CCCCC2)CN1C(C)CC(F)(F)F. The first kappa shape index (κ1) is 17.1. The van der Waals surface area contributed by atoms with Crippen molar-refractivity contribution in [2.75, 3.05) is 13.1 Å². The van der Waals surface area contributed by atoms with Crippen LogP contribution in [0.4, 0.5) is 13.2 Å².